The largest absolute Gasteiger partial charge is 0.490 e. The minimum Gasteiger partial charge on any atom is -0.490 e. The Morgan fingerprint density at radius 3 is 2.62 bits per heavy atom. The third-order valence-corrected chi connectivity index (χ3v) is 5.26. The first-order chi connectivity index (χ1) is 12.1. The summed E-state index contributed by atoms with van der Waals surface area (Å²) in [7, 11) is -4.36. The molecule has 0 unspecified atom stereocenters. The van der Waals surface area contributed by atoms with Gasteiger partial charge in [0, 0.05) is 0 Å². The molecule has 3 rings (SSSR count). The van der Waals surface area contributed by atoms with Gasteiger partial charge >= 0.3 is 0 Å². The van der Waals surface area contributed by atoms with Crippen LogP contribution in [0.25, 0.3) is 0 Å². The highest BCUT2D eigenvalue weighted by atomic mass is 32.2. The van der Waals surface area contributed by atoms with Crippen LogP contribution in [0.2, 0.25) is 0 Å². The van der Waals surface area contributed by atoms with Crippen molar-refractivity contribution in [3.8, 4) is 5.75 Å². The van der Waals surface area contributed by atoms with Gasteiger partial charge in [0.05, 0.1) is 16.8 Å². The van der Waals surface area contributed by atoms with Gasteiger partial charge in [-0.25, -0.2) is 17.2 Å². The summed E-state index contributed by atoms with van der Waals surface area (Å²) in [5.74, 6) is -1.86. The van der Waals surface area contributed by atoms with Crippen LogP contribution >= 0.6 is 0 Å². The van der Waals surface area contributed by atoms with E-state index >= 15 is 0 Å². The van der Waals surface area contributed by atoms with Gasteiger partial charge in [-0.1, -0.05) is 0 Å². The number of ether oxygens (including phenoxy) is 1. The van der Waals surface area contributed by atoms with Gasteiger partial charge in [-0.15, -0.1) is 0 Å². The summed E-state index contributed by atoms with van der Waals surface area (Å²) < 4.78 is 59.5. The standard InChI is InChI=1S/C17H16F2N2O4S/c1-17(2)9-25-14-6-4-11(8-13(14)20-16(17)22)21-26(23,24)15-7-10(18)3-5-12(15)19/h3-8,21H,9H2,1-2H3,(H,20,22). The molecule has 6 nitrogen and oxygen atoms in total. The summed E-state index contributed by atoms with van der Waals surface area (Å²) in [6.45, 7) is 3.58. The second-order valence-corrected chi connectivity index (χ2v) is 8.17. The summed E-state index contributed by atoms with van der Waals surface area (Å²) in [4.78, 5) is 11.4. The van der Waals surface area contributed by atoms with E-state index in [4.69, 9.17) is 4.74 Å². The Kier molecular flexibility index (Phi) is 4.35. The molecule has 2 aromatic carbocycles. The highest BCUT2D eigenvalue weighted by Crippen LogP contribution is 2.34. The first-order valence-corrected chi connectivity index (χ1v) is 9.13. The van der Waals surface area contributed by atoms with Crippen molar-refractivity contribution >= 4 is 27.3 Å². The Morgan fingerprint density at radius 1 is 1.15 bits per heavy atom. The average Bonchev–Trinajstić information content (AvgIpc) is 2.66. The number of anilines is 2. The maximum atomic E-state index is 13.8. The predicted octanol–water partition coefficient (Wildman–Crippen LogP) is 3.12. The van der Waals surface area contributed by atoms with E-state index in [0.717, 1.165) is 12.1 Å². The van der Waals surface area contributed by atoms with E-state index in [9.17, 15) is 22.0 Å². The van der Waals surface area contributed by atoms with E-state index < -0.39 is 32.0 Å². The van der Waals surface area contributed by atoms with Gasteiger partial charge in [-0.2, -0.15) is 0 Å². The average molecular weight is 382 g/mol. The smallest absolute Gasteiger partial charge is 0.264 e. The number of nitrogens with one attached hydrogen (secondary N) is 2. The third-order valence-electron chi connectivity index (χ3n) is 3.87. The Bertz CT molecular complexity index is 990. The lowest BCUT2D eigenvalue weighted by Gasteiger charge is -2.18. The molecule has 0 bridgehead atoms. The van der Waals surface area contributed by atoms with Crippen LogP contribution in [0, 0.1) is 17.0 Å². The van der Waals surface area contributed by atoms with Crippen LogP contribution < -0.4 is 14.8 Å². The number of benzene rings is 2. The zero-order valence-corrected chi connectivity index (χ0v) is 14.8. The molecule has 0 atom stereocenters. The van der Waals surface area contributed by atoms with E-state index in [1.54, 1.807) is 13.8 Å². The minimum absolute atomic E-state index is 0.0658. The number of carbonyl (C=O) groups is 1. The highest BCUT2D eigenvalue weighted by molar-refractivity contribution is 7.92. The molecule has 0 radical (unpaired) electrons. The van der Waals surface area contributed by atoms with Crippen LogP contribution in [0.1, 0.15) is 13.8 Å². The van der Waals surface area contributed by atoms with E-state index in [2.05, 4.69) is 10.0 Å². The maximum absolute atomic E-state index is 13.8. The van der Waals surface area contributed by atoms with Crippen molar-refractivity contribution in [2.75, 3.05) is 16.6 Å². The minimum atomic E-state index is -4.36. The Morgan fingerprint density at radius 2 is 1.88 bits per heavy atom. The third kappa shape index (κ3) is 3.48. The molecule has 1 amide bonds. The first kappa shape index (κ1) is 18.1. The fraction of sp³-hybridized carbons (Fsp3) is 0.235. The number of rotatable bonds is 3. The van der Waals surface area contributed by atoms with Crippen LogP contribution in [0.5, 0.6) is 5.75 Å². The molecule has 0 saturated carbocycles. The molecular weight excluding hydrogens is 366 g/mol. The zero-order valence-electron chi connectivity index (χ0n) is 14.0. The topological polar surface area (TPSA) is 84.5 Å². The number of carbonyl (C=O) groups excluding carboxylic acids is 1. The molecule has 2 N–H and O–H groups in total. The van der Waals surface area contributed by atoms with Gasteiger partial charge in [-0.05, 0) is 50.2 Å². The van der Waals surface area contributed by atoms with Crippen molar-refractivity contribution in [2.24, 2.45) is 5.41 Å². The molecule has 0 fully saturated rings. The number of hydrogen-bond donors (Lipinski definition) is 2. The van der Waals surface area contributed by atoms with Crippen LogP contribution in [0.3, 0.4) is 0 Å². The van der Waals surface area contributed by atoms with Crippen LogP contribution in [-0.4, -0.2) is 20.9 Å². The van der Waals surface area contributed by atoms with Crippen molar-refractivity contribution in [1.29, 1.82) is 0 Å². The van der Waals surface area contributed by atoms with Crippen LogP contribution in [0.15, 0.2) is 41.3 Å². The molecule has 0 aromatic heterocycles. The number of fused-ring (bicyclic) bond motifs is 1. The number of hydrogen-bond acceptors (Lipinski definition) is 4. The number of amides is 1. The van der Waals surface area contributed by atoms with Gasteiger partial charge in [0.25, 0.3) is 10.0 Å². The molecule has 2 aromatic rings. The fourth-order valence-corrected chi connectivity index (χ4v) is 3.47. The van der Waals surface area contributed by atoms with Crippen molar-refractivity contribution < 1.29 is 26.7 Å². The van der Waals surface area contributed by atoms with E-state index in [0.29, 0.717) is 11.8 Å². The summed E-state index contributed by atoms with van der Waals surface area (Å²) in [5.41, 5.74) is -0.417. The fourth-order valence-electron chi connectivity index (χ4n) is 2.33. The Hall–Kier alpha value is -2.68. The molecule has 138 valence electrons. The normalized spacial score (nSPS) is 16.1. The predicted molar refractivity (Wildman–Crippen MR) is 91.5 cm³/mol. The van der Waals surface area contributed by atoms with E-state index in [-0.39, 0.29) is 23.9 Å². The van der Waals surface area contributed by atoms with Crippen molar-refractivity contribution in [3.05, 3.63) is 48.0 Å². The van der Waals surface area contributed by atoms with E-state index in [1.807, 2.05) is 0 Å². The van der Waals surface area contributed by atoms with Gasteiger partial charge in [0.1, 0.15) is 28.9 Å². The second kappa shape index (κ2) is 6.24. The number of halogens is 2. The Labute approximate surface area is 149 Å². The van der Waals surface area contributed by atoms with Crippen molar-refractivity contribution in [1.82, 2.24) is 0 Å². The highest BCUT2D eigenvalue weighted by Gasteiger charge is 2.32. The first-order valence-electron chi connectivity index (χ1n) is 7.65. The van der Waals surface area contributed by atoms with Gasteiger partial charge in [0.15, 0.2) is 0 Å². The molecular formula is C17H16F2N2O4S. The van der Waals surface area contributed by atoms with Crippen molar-refractivity contribution in [2.45, 2.75) is 18.7 Å². The summed E-state index contributed by atoms with van der Waals surface area (Å²) in [6.07, 6.45) is 0. The van der Waals surface area contributed by atoms with Gasteiger partial charge in [-0.3, -0.25) is 9.52 Å². The van der Waals surface area contributed by atoms with E-state index in [1.165, 1.54) is 18.2 Å². The summed E-state index contributed by atoms with van der Waals surface area (Å²) in [6, 6.07) is 6.38. The summed E-state index contributed by atoms with van der Waals surface area (Å²) >= 11 is 0. The summed E-state index contributed by atoms with van der Waals surface area (Å²) in [5, 5.41) is 2.67. The number of sulfonamides is 1. The molecule has 0 spiro atoms. The van der Waals surface area contributed by atoms with Crippen LogP contribution in [0.4, 0.5) is 20.2 Å². The molecule has 1 heterocycles. The quantitative estimate of drug-likeness (QED) is 0.854. The molecule has 0 saturated heterocycles. The van der Waals surface area contributed by atoms with Gasteiger partial charge in [0.2, 0.25) is 5.91 Å². The molecule has 9 heteroatoms. The monoisotopic (exact) mass is 382 g/mol. The van der Waals surface area contributed by atoms with Crippen molar-refractivity contribution in [3.63, 3.8) is 0 Å². The van der Waals surface area contributed by atoms with Crippen LogP contribution in [-0.2, 0) is 14.8 Å². The SMILES string of the molecule is CC1(C)COc2ccc(NS(=O)(=O)c3cc(F)ccc3F)cc2NC1=O. The lowest BCUT2D eigenvalue weighted by molar-refractivity contribution is -0.124. The van der Waals surface area contributed by atoms with Gasteiger partial charge < -0.3 is 10.1 Å². The lowest BCUT2D eigenvalue weighted by Crippen LogP contribution is -2.33. The zero-order chi connectivity index (χ0) is 19.1. The molecule has 0 aliphatic carbocycles. The molecule has 1 aliphatic rings. The lowest BCUT2D eigenvalue weighted by atomic mass is 9.94. The maximum Gasteiger partial charge on any atom is 0.264 e. The second-order valence-electron chi connectivity index (χ2n) is 6.52. The molecule has 1 aliphatic heterocycles. The Balaban J connectivity index is 1.93. The molecule has 26 heavy (non-hydrogen) atoms.